The number of fused-ring (bicyclic) bond motifs is 1. The summed E-state index contributed by atoms with van der Waals surface area (Å²) in [6, 6.07) is 18.4. The number of hydrogen-bond donors (Lipinski definition) is 1. The van der Waals surface area contributed by atoms with E-state index in [0.29, 0.717) is 11.3 Å². The first kappa shape index (κ1) is 24.5. The first-order chi connectivity index (χ1) is 16.4. The Balaban J connectivity index is 1.75. The highest BCUT2D eigenvalue weighted by atomic mass is 32.2. The molecule has 1 heterocycles. The van der Waals surface area contributed by atoms with Crippen molar-refractivity contribution in [3.05, 3.63) is 78.3 Å². The van der Waals surface area contributed by atoms with Crippen molar-refractivity contribution in [2.45, 2.75) is 37.8 Å². The SMILES string of the molecule is CC(C)(C)OC(=O)NCc1cc2cc(-c3ccc(S(C)(=O)=O)cc3)cc(-c3ccc(F)cc3)c2o1. The lowest BCUT2D eigenvalue weighted by Gasteiger charge is -2.19. The van der Waals surface area contributed by atoms with Crippen LogP contribution in [-0.4, -0.2) is 26.4 Å². The third-order valence-electron chi connectivity index (χ3n) is 5.24. The Kier molecular flexibility index (Phi) is 6.42. The molecule has 0 atom stereocenters. The zero-order valence-electron chi connectivity index (χ0n) is 19.9. The Morgan fingerprint density at radius 1 is 0.943 bits per heavy atom. The summed E-state index contributed by atoms with van der Waals surface area (Å²) in [5.41, 5.74) is 3.13. The number of carbonyl (C=O) groups is 1. The van der Waals surface area contributed by atoms with Gasteiger partial charge in [-0.05, 0) is 79.9 Å². The van der Waals surface area contributed by atoms with Crippen LogP contribution in [0.4, 0.5) is 9.18 Å². The third kappa shape index (κ3) is 5.89. The number of rotatable bonds is 5. The highest BCUT2D eigenvalue weighted by molar-refractivity contribution is 7.90. The summed E-state index contributed by atoms with van der Waals surface area (Å²) in [5.74, 6) is 0.179. The van der Waals surface area contributed by atoms with Gasteiger partial charge >= 0.3 is 6.09 Å². The molecule has 35 heavy (non-hydrogen) atoms. The van der Waals surface area contributed by atoms with E-state index in [0.717, 1.165) is 27.6 Å². The molecule has 0 unspecified atom stereocenters. The van der Waals surface area contributed by atoms with Crippen molar-refractivity contribution in [1.82, 2.24) is 5.32 Å². The van der Waals surface area contributed by atoms with Crippen LogP contribution in [0.15, 0.2) is 76.0 Å². The van der Waals surface area contributed by atoms with Gasteiger partial charge in [-0.25, -0.2) is 17.6 Å². The average Bonchev–Trinajstić information content (AvgIpc) is 3.19. The van der Waals surface area contributed by atoms with E-state index in [1.165, 1.54) is 18.4 Å². The molecule has 0 spiro atoms. The molecule has 0 radical (unpaired) electrons. The summed E-state index contributed by atoms with van der Waals surface area (Å²) in [6.45, 7) is 5.48. The fourth-order valence-corrected chi connectivity index (χ4v) is 4.30. The summed E-state index contributed by atoms with van der Waals surface area (Å²) in [7, 11) is -3.31. The lowest BCUT2D eigenvalue weighted by Crippen LogP contribution is -2.32. The van der Waals surface area contributed by atoms with Crippen LogP contribution >= 0.6 is 0 Å². The molecule has 1 aromatic heterocycles. The summed E-state index contributed by atoms with van der Waals surface area (Å²) in [4.78, 5) is 12.3. The van der Waals surface area contributed by atoms with Crippen LogP contribution in [0.3, 0.4) is 0 Å². The van der Waals surface area contributed by atoms with E-state index in [9.17, 15) is 17.6 Å². The monoisotopic (exact) mass is 495 g/mol. The lowest BCUT2D eigenvalue weighted by atomic mass is 9.97. The number of hydrogen-bond acceptors (Lipinski definition) is 5. The van der Waals surface area contributed by atoms with E-state index in [1.807, 2.05) is 18.2 Å². The van der Waals surface area contributed by atoms with Crippen LogP contribution in [-0.2, 0) is 21.1 Å². The van der Waals surface area contributed by atoms with E-state index >= 15 is 0 Å². The van der Waals surface area contributed by atoms with E-state index in [1.54, 1.807) is 57.2 Å². The molecule has 8 heteroatoms. The fraction of sp³-hybridized carbons (Fsp3) is 0.222. The number of sulfone groups is 1. The molecule has 4 rings (SSSR count). The normalized spacial score (nSPS) is 12.0. The average molecular weight is 496 g/mol. The van der Waals surface area contributed by atoms with Gasteiger partial charge in [-0.3, -0.25) is 0 Å². The Labute approximate surface area is 203 Å². The maximum atomic E-state index is 13.6. The maximum Gasteiger partial charge on any atom is 0.408 e. The number of halogens is 1. The Hall–Kier alpha value is -3.65. The van der Waals surface area contributed by atoms with E-state index in [2.05, 4.69) is 5.32 Å². The predicted octanol–water partition coefficient (Wildman–Crippen LogP) is 6.33. The number of carbonyl (C=O) groups excluding carboxylic acids is 1. The molecule has 0 aliphatic carbocycles. The molecule has 1 amide bonds. The van der Waals surface area contributed by atoms with Crippen LogP contribution < -0.4 is 5.32 Å². The van der Waals surface area contributed by atoms with Gasteiger partial charge in [-0.1, -0.05) is 24.3 Å². The molecule has 182 valence electrons. The summed E-state index contributed by atoms with van der Waals surface area (Å²) >= 11 is 0. The summed E-state index contributed by atoms with van der Waals surface area (Å²) < 4.78 is 48.6. The number of benzene rings is 3. The van der Waals surface area contributed by atoms with Crippen molar-refractivity contribution in [3.63, 3.8) is 0 Å². The Bertz CT molecular complexity index is 1480. The van der Waals surface area contributed by atoms with Crippen LogP contribution in [0.5, 0.6) is 0 Å². The van der Waals surface area contributed by atoms with Gasteiger partial charge < -0.3 is 14.5 Å². The van der Waals surface area contributed by atoms with Gasteiger partial charge in [0.1, 0.15) is 22.8 Å². The Morgan fingerprint density at radius 3 is 2.17 bits per heavy atom. The van der Waals surface area contributed by atoms with Crippen molar-refractivity contribution in [3.8, 4) is 22.3 Å². The van der Waals surface area contributed by atoms with Crippen molar-refractivity contribution in [2.24, 2.45) is 0 Å². The second kappa shape index (κ2) is 9.19. The van der Waals surface area contributed by atoms with Gasteiger partial charge in [0.25, 0.3) is 0 Å². The highest BCUT2D eigenvalue weighted by Gasteiger charge is 2.18. The predicted molar refractivity (Wildman–Crippen MR) is 133 cm³/mol. The van der Waals surface area contributed by atoms with Gasteiger partial charge in [0, 0.05) is 17.2 Å². The highest BCUT2D eigenvalue weighted by Crippen LogP contribution is 2.36. The minimum Gasteiger partial charge on any atom is -0.459 e. The minimum absolute atomic E-state index is 0.130. The zero-order valence-corrected chi connectivity index (χ0v) is 20.7. The number of alkyl carbamates (subject to hydrolysis) is 1. The van der Waals surface area contributed by atoms with Crippen molar-refractivity contribution in [2.75, 3.05) is 6.26 Å². The molecule has 3 aromatic carbocycles. The summed E-state index contributed by atoms with van der Waals surface area (Å²) in [6.07, 6.45) is 0.613. The standard InChI is InChI=1S/C27H26FNO5S/c1-27(2,3)34-26(30)29-16-22-14-20-13-19(17-7-11-23(12-8-17)35(4,31)32)15-24(25(20)33-22)18-5-9-21(28)10-6-18/h5-15H,16H2,1-4H3,(H,29,30). The van der Waals surface area contributed by atoms with Crippen LogP contribution in [0.1, 0.15) is 26.5 Å². The maximum absolute atomic E-state index is 13.6. The largest absolute Gasteiger partial charge is 0.459 e. The van der Waals surface area contributed by atoms with Gasteiger partial charge in [0.15, 0.2) is 9.84 Å². The molecular weight excluding hydrogens is 469 g/mol. The quantitative estimate of drug-likeness (QED) is 0.349. The third-order valence-corrected chi connectivity index (χ3v) is 6.37. The number of furan rings is 1. The number of ether oxygens (including phenoxy) is 1. The first-order valence-corrected chi connectivity index (χ1v) is 12.9. The molecule has 0 aliphatic rings. The van der Waals surface area contributed by atoms with Gasteiger partial charge in [0.05, 0.1) is 11.4 Å². The van der Waals surface area contributed by atoms with Crippen LogP contribution in [0, 0.1) is 5.82 Å². The van der Waals surface area contributed by atoms with Gasteiger partial charge in [-0.2, -0.15) is 0 Å². The molecule has 4 aromatic rings. The van der Waals surface area contributed by atoms with Crippen LogP contribution in [0.25, 0.3) is 33.2 Å². The van der Waals surface area contributed by atoms with E-state index in [-0.39, 0.29) is 17.3 Å². The smallest absolute Gasteiger partial charge is 0.408 e. The summed E-state index contributed by atoms with van der Waals surface area (Å²) in [5, 5.41) is 3.48. The second-order valence-corrected chi connectivity index (χ2v) is 11.3. The minimum atomic E-state index is -3.31. The van der Waals surface area contributed by atoms with E-state index in [4.69, 9.17) is 9.15 Å². The second-order valence-electron chi connectivity index (χ2n) is 9.31. The van der Waals surface area contributed by atoms with E-state index < -0.39 is 21.5 Å². The van der Waals surface area contributed by atoms with Gasteiger partial charge in [-0.15, -0.1) is 0 Å². The van der Waals surface area contributed by atoms with Crippen molar-refractivity contribution >= 4 is 26.9 Å². The number of amides is 1. The van der Waals surface area contributed by atoms with Crippen molar-refractivity contribution in [1.29, 1.82) is 0 Å². The van der Waals surface area contributed by atoms with Crippen LogP contribution in [0.2, 0.25) is 0 Å². The molecular formula is C27H26FNO5S. The molecule has 0 aliphatic heterocycles. The molecule has 6 nitrogen and oxygen atoms in total. The zero-order chi connectivity index (χ0) is 25.4. The fourth-order valence-electron chi connectivity index (χ4n) is 3.67. The lowest BCUT2D eigenvalue weighted by molar-refractivity contribution is 0.0520. The van der Waals surface area contributed by atoms with Crippen molar-refractivity contribution < 1.29 is 26.8 Å². The molecule has 0 fully saturated rings. The Morgan fingerprint density at radius 2 is 1.57 bits per heavy atom. The molecule has 0 saturated heterocycles. The number of nitrogens with one attached hydrogen (secondary N) is 1. The molecule has 0 bridgehead atoms. The molecule has 1 N–H and O–H groups in total. The van der Waals surface area contributed by atoms with Gasteiger partial charge in [0.2, 0.25) is 0 Å². The molecule has 0 saturated carbocycles. The first-order valence-electron chi connectivity index (χ1n) is 11.0. The topological polar surface area (TPSA) is 85.6 Å².